The minimum Gasteiger partial charge on any atom is -0.313 e. The Kier molecular flexibility index (Phi) is 7.53. The first-order valence-corrected chi connectivity index (χ1v) is 24.4. The van der Waals surface area contributed by atoms with E-state index < -0.39 is 16.1 Å². The summed E-state index contributed by atoms with van der Waals surface area (Å²) in [5.74, 6) is 3.72. The van der Waals surface area contributed by atoms with Gasteiger partial charge in [-0.3, -0.25) is 0 Å². The molecule has 2 aliphatic heterocycles. The van der Waals surface area contributed by atoms with Crippen molar-refractivity contribution in [3.8, 4) is 0 Å². The fourth-order valence-electron chi connectivity index (χ4n) is 10.4. The van der Waals surface area contributed by atoms with Gasteiger partial charge in [0.05, 0.1) is 16.1 Å². The Morgan fingerprint density at radius 2 is 1.37 bits per heavy atom. The van der Waals surface area contributed by atoms with Crippen LogP contribution in [0.4, 0.5) is 0 Å². The van der Waals surface area contributed by atoms with E-state index in [2.05, 4.69) is 80.5 Å². The Morgan fingerprint density at radius 3 is 1.82 bits per heavy atom. The minimum atomic E-state index is -1.53. The van der Waals surface area contributed by atoms with E-state index in [0.29, 0.717) is 17.5 Å². The zero-order chi connectivity index (χ0) is 27.1. The molecule has 0 spiro atoms. The van der Waals surface area contributed by atoms with Crippen molar-refractivity contribution >= 4 is 45.0 Å². The Bertz CT molecular complexity index is 980. The molecule has 2 nitrogen and oxygen atoms in total. The van der Waals surface area contributed by atoms with Gasteiger partial charge in [-0.05, 0) is 117 Å². The van der Waals surface area contributed by atoms with E-state index in [-0.39, 0.29) is 5.16 Å². The van der Waals surface area contributed by atoms with Gasteiger partial charge in [0, 0.05) is 17.2 Å². The predicted octanol–water partition coefficient (Wildman–Crippen LogP) is 5.92. The third kappa shape index (κ3) is 4.54. The minimum absolute atomic E-state index is 0.0729. The van der Waals surface area contributed by atoms with Crippen molar-refractivity contribution in [2.75, 3.05) is 19.3 Å². The summed E-state index contributed by atoms with van der Waals surface area (Å²) in [4.78, 5) is 0. The number of hydrogen-bond acceptors (Lipinski definition) is 2. The maximum absolute atomic E-state index is 4.06. The van der Waals surface area contributed by atoms with Crippen LogP contribution in [0.1, 0.15) is 68.9 Å². The van der Waals surface area contributed by atoms with Crippen LogP contribution in [0.15, 0.2) is 12.1 Å². The van der Waals surface area contributed by atoms with Crippen LogP contribution in [0, 0.1) is 23.7 Å². The summed E-state index contributed by atoms with van der Waals surface area (Å²) >= 11 is 0. The molecule has 6 aliphatic rings. The second-order valence-corrected chi connectivity index (χ2v) is 27.8. The summed E-state index contributed by atoms with van der Waals surface area (Å²) in [5.41, 5.74) is 3.98. The van der Waals surface area contributed by atoms with Gasteiger partial charge in [0.1, 0.15) is 0 Å². The Labute approximate surface area is 240 Å². The highest BCUT2D eigenvalue weighted by Gasteiger charge is 2.59. The molecule has 4 aliphatic carbocycles. The van der Waals surface area contributed by atoms with Crippen molar-refractivity contribution < 1.29 is 0 Å². The first-order valence-electron chi connectivity index (χ1n) is 16.0. The van der Waals surface area contributed by atoms with E-state index >= 15 is 0 Å². The second kappa shape index (κ2) is 10.0. The number of nitrogens with one attached hydrogen (secondary N) is 2. The normalized spacial score (nSPS) is 38.6. The summed E-state index contributed by atoms with van der Waals surface area (Å²) < 4.78 is 0. The number of hydrogen-bond donors (Lipinski definition) is 2. The van der Waals surface area contributed by atoms with Crippen LogP contribution in [-0.4, -0.2) is 47.5 Å². The molecule has 2 heterocycles. The summed E-state index contributed by atoms with van der Waals surface area (Å²) in [6.07, 6.45) is 14.0. The van der Waals surface area contributed by atoms with Crippen molar-refractivity contribution in [1.29, 1.82) is 0 Å². The van der Waals surface area contributed by atoms with Crippen molar-refractivity contribution in [3.05, 3.63) is 23.3 Å². The Morgan fingerprint density at radius 1 is 0.842 bits per heavy atom. The van der Waals surface area contributed by atoms with Crippen LogP contribution in [0.25, 0.3) is 0 Å². The third-order valence-corrected chi connectivity index (χ3v) is 17.8. The SMILES string of the molecule is C[Si](C)(C)c1cc(C23CC4CC(CC(C4)C2CP)C3)c(C(P)(C2CCCN2)C2CCCN2)cc1[Si](C)(C)C. The molecule has 7 atom stereocenters. The first kappa shape index (κ1) is 28.5. The summed E-state index contributed by atoms with van der Waals surface area (Å²) in [6, 6.07) is 6.90. The highest BCUT2D eigenvalue weighted by atomic mass is 31.0. The maximum atomic E-state index is 4.06. The molecule has 6 fully saturated rings. The predicted molar refractivity (Wildman–Crippen MR) is 179 cm³/mol. The molecule has 4 saturated carbocycles. The molecule has 6 heteroatoms. The molecule has 0 radical (unpaired) electrons. The average Bonchev–Trinajstić information content (AvgIpc) is 3.56. The second-order valence-electron chi connectivity index (χ2n) is 16.3. The van der Waals surface area contributed by atoms with Gasteiger partial charge in [0.2, 0.25) is 0 Å². The van der Waals surface area contributed by atoms with E-state index in [1.54, 1.807) is 15.9 Å². The van der Waals surface area contributed by atoms with Gasteiger partial charge in [-0.1, -0.05) is 61.8 Å². The molecule has 7 unspecified atom stereocenters. The molecule has 7 rings (SSSR count). The van der Waals surface area contributed by atoms with E-state index in [9.17, 15) is 0 Å². The lowest BCUT2D eigenvalue weighted by Gasteiger charge is -2.63. The molecule has 0 aromatic heterocycles. The van der Waals surface area contributed by atoms with Crippen LogP contribution in [0.3, 0.4) is 0 Å². The average molecular weight is 587 g/mol. The van der Waals surface area contributed by atoms with Crippen LogP contribution >= 0.6 is 18.5 Å². The quantitative estimate of drug-likeness (QED) is 0.306. The van der Waals surface area contributed by atoms with Crippen LogP contribution in [-0.2, 0) is 10.6 Å². The molecule has 2 N–H and O–H groups in total. The van der Waals surface area contributed by atoms with Gasteiger partial charge in [-0.25, -0.2) is 0 Å². The molecule has 212 valence electrons. The fraction of sp³-hybridized carbons (Fsp3) is 0.812. The lowest BCUT2D eigenvalue weighted by molar-refractivity contribution is -0.0524. The van der Waals surface area contributed by atoms with Gasteiger partial charge in [-0.2, -0.15) is 0 Å². The largest absolute Gasteiger partial charge is 0.313 e. The van der Waals surface area contributed by atoms with Crippen LogP contribution < -0.4 is 21.0 Å². The summed E-state index contributed by atoms with van der Waals surface area (Å²) in [5, 5.41) is 11.8. The van der Waals surface area contributed by atoms with Gasteiger partial charge >= 0.3 is 0 Å². The van der Waals surface area contributed by atoms with E-state index in [1.807, 2.05) is 5.56 Å². The number of rotatable bonds is 7. The monoisotopic (exact) mass is 586 g/mol. The van der Waals surface area contributed by atoms with Gasteiger partial charge in [0.25, 0.3) is 0 Å². The third-order valence-electron chi connectivity index (χ3n) is 11.8. The van der Waals surface area contributed by atoms with Crippen molar-refractivity contribution in [2.24, 2.45) is 23.7 Å². The standard InChI is InChI=1S/C32H56N2P2Si2/c1-37(2,3)27-16-24(31-18-21-13-22(19-31)15-23(14-21)26(31)20-35)25(17-28(27)38(4,5)6)32(36,29-9-7-11-33-29)30-10-8-12-34-30/h16-17,21-23,26,29-30,33-34H,7-15,18-20,35-36H2,1-6H3. The van der Waals surface area contributed by atoms with Crippen LogP contribution in [0.2, 0.25) is 39.3 Å². The van der Waals surface area contributed by atoms with Gasteiger partial charge in [0.15, 0.2) is 0 Å². The van der Waals surface area contributed by atoms with Crippen molar-refractivity contribution in [3.63, 3.8) is 0 Å². The first-order chi connectivity index (χ1) is 17.9. The van der Waals surface area contributed by atoms with E-state index in [1.165, 1.54) is 77.0 Å². The van der Waals surface area contributed by atoms with Crippen LogP contribution in [0.5, 0.6) is 0 Å². The molecule has 4 bridgehead atoms. The molecule has 38 heavy (non-hydrogen) atoms. The zero-order valence-electron chi connectivity index (χ0n) is 25.3. The smallest absolute Gasteiger partial charge is 0.0774 e. The van der Waals surface area contributed by atoms with Gasteiger partial charge < -0.3 is 10.6 Å². The summed E-state index contributed by atoms with van der Waals surface area (Å²) in [7, 11) is 3.78. The highest BCUT2D eigenvalue weighted by molar-refractivity contribution is 7.18. The zero-order valence-corrected chi connectivity index (χ0v) is 29.6. The summed E-state index contributed by atoms with van der Waals surface area (Å²) in [6.45, 7) is 18.0. The van der Waals surface area contributed by atoms with Crippen molar-refractivity contribution in [2.45, 2.75) is 120 Å². The number of benzene rings is 1. The molecule has 1 aromatic carbocycles. The molecule has 0 amide bonds. The van der Waals surface area contributed by atoms with E-state index in [4.69, 9.17) is 0 Å². The lowest BCUT2D eigenvalue weighted by Crippen LogP contribution is -2.62. The molecular weight excluding hydrogens is 530 g/mol. The highest BCUT2D eigenvalue weighted by Crippen LogP contribution is 2.65. The fourth-order valence-corrected chi connectivity index (χ4v) is 17.2. The molecule has 2 saturated heterocycles. The van der Waals surface area contributed by atoms with E-state index in [0.717, 1.165) is 23.7 Å². The maximum Gasteiger partial charge on any atom is 0.0774 e. The Hall–Kier alpha value is 0.434. The molecular formula is C32H56N2P2Si2. The topological polar surface area (TPSA) is 24.1 Å². The molecule has 1 aromatic rings. The van der Waals surface area contributed by atoms with Crippen molar-refractivity contribution in [1.82, 2.24) is 10.6 Å². The Balaban J connectivity index is 1.65. The van der Waals surface area contributed by atoms with Gasteiger partial charge in [-0.15, -0.1) is 18.5 Å². The lowest BCUT2D eigenvalue weighted by atomic mass is 9.43.